The Kier molecular flexibility index (Phi) is 7.88. The highest BCUT2D eigenvalue weighted by molar-refractivity contribution is 5.96. The SMILES string of the molecule is CCCOc1ccc(OCC(=O)Nc2ccc(C(=O)NCC(F)(F)F)cc2)cc1. The zero-order valence-corrected chi connectivity index (χ0v) is 15.7. The van der Waals surface area contributed by atoms with Crippen molar-refractivity contribution in [2.24, 2.45) is 0 Å². The van der Waals surface area contributed by atoms with Gasteiger partial charge in [-0.2, -0.15) is 13.2 Å². The van der Waals surface area contributed by atoms with E-state index in [-0.39, 0.29) is 12.2 Å². The van der Waals surface area contributed by atoms with Gasteiger partial charge in [0.05, 0.1) is 6.61 Å². The van der Waals surface area contributed by atoms with E-state index < -0.39 is 24.5 Å². The molecular formula is C20H21F3N2O4. The van der Waals surface area contributed by atoms with Crippen LogP contribution in [-0.2, 0) is 4.79 Å². The number of carbonyl (C=O) groups excluding carboxylic acids is 2. The molecule has 9 heteroatoms. The maximum Gasteiger partial charge on any atom is 0.405 e. The molecule has 2 aromatic rings. The zero-order valence-electron chi connectivity index (χ0n) is 15.7. The van der Waals surface area contributed by atoms with Crippen LogP contribution in [0.15, 0.2) is 48.5 Å². The smallest absolute Gasteiger partial charge is 0.405 e. The fourth-order valence-corrected chi connectivity index (χ4v) is 2.19. The molecule has 0 fully saturated rings. The molecule has 0 saturated carbocycles. The molecular weight excluding hydrogens is 389 g/mol. The van der Waals surface area contributed by atoms with Crippen LogP contribution in [0.5, 0.6) is 11.5 Å². The summed E-state index contributed by atoms with van der Waals surface area (Å²) in [6.07, 6.45) is -3.58. The third-order valence-corrected chi connectivity index (χ3v) is 3.55. The number of carbonyl (C=O) groups is 2. The van der Waals surface area contributed by atoms with Gasteiger partial charge in [0.1, 0.15) is 18.0 Å². The highest BCUT2D eigenvalue weighted by Crippen LogP contribution is 2.18. The summed E-state index contributed by atoms with van der Waals surface area (Å²) in [6.45, 7) is 0.980. The fourth-order valence-electron chi connectivity index (χ4n) is 2.19. The van der Waals surface area contributed by atoms with E-state index in [9.17, 15) is 22.8 Å². The van der Waals surface area contributed by atoms with E-state index in [1.807, 2.05) is 6.92 Å². The van der Waals surface area contributed by atoms with Gasteiger partial charge >= 0.3 is 6.18 Å². The van der Waals surface area contributed by atoms with Crippen LogP contribution in [-0.4, -0.2) is 37.7 Å². The van der Waals surface area contributed by atoms with Crippen molar-refractivity contribution < 1.29 is 32.2 Å². The van der Waals surface area contributed by atoms with E-state index in [4.69, 9.17) is 9.47 Å². The van der Waals surface area contributed by atoms with Gasteiger partial charge in [-0.15, -0.1) is 0 Å². The Morgan fingerprint density at radius 2 is 1.52 bits per heavy atom. The van der Waals surface area contributed by atoms with Crippen LogP contribution < -0.4 is 20.1 Å². The summed E-state index contributed by atoms with van der Waals surface area (Å²) in [6, 6.07) is 12.3. The average Bonchev–Trinajstić information content (AvgIpc) is 2.69. The van der Waals surface area contributed by atoms with Gasteiger partial charge in [-0.3, -0.25) is 9.59 Å². The van der Waals surface area contributed by atoms with E-state index in [1.165, 1.54) is 24.3 Å². The van der Waals surface area contributed by atoms with Gasteiger partial charge < -0.3 is 20.1 Å². The van der Waals surface area contributed by atoms with Gasteiger partial charge in [0.25, 0.3) is 11.8 Å². The topological polar surface area (TPSA) is 76.7 Å². The van der Waals surface area contributed by atoms with E-state index in [1.54, 1.807) is 29.6 Å². The first kappa shape index (κ1) is 22.1. The van der Waals surface area contributed by atoms with Crippen LogP contribution in [0.3, 0.4) is 0 Å². The number of halogens is 3. The summed E-state index contributed by atoms with van der Waals surface area (Å²) in [5.41, 5.74) is 0.433. The predicted octanol–water partition coefficient (Wildman–Crippen LogP) is 3.79. The summed E-state index contributed by atoms with van der Waals surface area (Å²) >= 11 is 0. The molecule has 0 aliphatic heterocycles. The first-order valence-electron chi connectivity index (χ1n) is 8.87. The van der Waals surface area contributed by atoms with E-state index in [0.717, 1.165) is 6.42 Å². The number of ether oxygens (including phenoxy) is 2. The maximum atomic E-state index is 12.1. The van der Waals surface area contributed by atoms with Crippen LogP contribution >= 0.6 is 0 Å². The molecule has 29 heavy (non-hydrogen) atoms. The van der Waals surface area contributed by atoms with Gasteiger partial charge in [-0.25, -0.2) is 0 Å². The third-order valence-electron chi connectivity index (χ3n) is 3.55. The second-order valence-corrected chi connectivity index (χ2v) is 6.03. The Labute approximate surface area is 166 Å². The quantitative estimate of drug-likeness (QED) is 0.660. The predicted molar refractivity (Wildman–Crippen MR) is 101 cm³/mol. The number of rotatable bonds is 9. The van der Waals surface area contributed by atoms with E-state index >= 15 is 0 Å². The summed E-state index contributed by atoms with van der Waals surface area (Å²) in [4.78, 5) is 23.6. The van der Waals surface area contributed by atoms with Gasteiger partial charge in [0, 0.05) is 11.3 Å². The van der Waals surface area contributed by atoms with Crippen LogP contribution in [0, 0.1) is 0 Å². The standard InChI is InChI=1S/C20H21F3N2O4/c1-2-11-28-16-7-9-17(10-8-16)29-12-18(26)25-15-5-3-14(4-6-15)19(27)24-13-20(21,22)23/h3-10H,2,11-13H2,1H3,(H,24,27)(H,25,26). The third kappa shape index (κ3) is 8.12. The summed E-state index contributed by atoms with van der Waals surface area (Å²) in [5.74, 6) is -0.0656. The highest BCUT2D eigenvalue weighted by atomic mass is 19.4. The molecule has 2 aromatic carbocycles. The molecule has 0 atom stereocenters. The molecule has 2 amide bonds. The Morgan fingerprint density at radius 1 is 0.931 bits per heavy atom. The van der Waals surface area contributed by atoms with Gasteiger partial charge in [-0.05, 0) is 55.0 Å². The number of anilines is 1. The Hall–Kier alpha value is -3.23. The monoisotopic (exact) mass is 410 g/mol. The number of alkyl halides is 3. The molecule has 0 aromatic heterocycles. The lowest BCUT2D eigenvalue weighted by Crippen LogP contribution is -2.33. The largest absolute Gasteiger partial charge is 0.494 e. The molecule has 6 nitrogen and oxygen atoms in total. The molecule has 0 radical (unpaired) electrons. The van der Waals surface area contributed by atoms with Crippen molar-refractivity contribution in [3.05, 3.63) is 54.1 Å². The molecule has 0 aliphatic rings. The highest BCUT2D eigenvalue weighted by Gasteiger charge is 2.27. The molecule has 0 unspecified atom stereocenters. The van der Waals surface area contributed by atoms with Crippen molar-refractivity contribution in [3.63, 3.8) is 0 Å². The van der Waals surface area contributed by atoms with Crippen molar-refractivity contribution >= 4 is 17.5 Å². The van der Waals surface area contributed by atoms with Crippen LogP contribution in [0.4, 0.5) is 18.9 Å². The Bertz CT molecular complexity index is 806. The van der Waals surface area contributed by atoms with Crippen LogP contribution in [0.2, 0.25) is 0 Å². The number of amides is 2. The average molecular weight is 410 g/mol. The molecule has 2 rings (SSSR count). The van der Waals surface area contributed by atoms with Crippen molar-refractivity contribution in [2.45, 2.75) is 19.5 Å². The Morgan fingerprint density at radius 3 is 2.07 bits per heavy atom. The summed E-state index contributed by atoms with van der Waals surface area (Å²) < 4.78 is 47.2. The number of benzene rings is 2. The number of nitrogens with one attached hydrogen (secondary N) is 2. The lowest BCUT2D eigenvalue weighted by molar-refractivity contribution is -0.123. The second kappa shape index (κ2) is 10.4. The maximum absolute atomic E-state index is 12.1. The normalized spacial score (nSPS) is 10.9. The number of hydrogen-bond donors (Lipinski definition) is 2. The van der Waals surface area contributed by atoms with Crippen molar-refractivity contribution in [2.75, 3.05) is 25.1 Å². The van der Waals surface area contributed by atoms with Crippen LogP contribution in [0.1, 0.15) is 23.7 Å². The Balaban J connectivity index is 1.79. The van der Waals surface area contributed by atoms with Crippen LogP contribution in [0.25, 0.3) is 0 Å². The minimum atomic E-state index is -4.48. The van der Waals surface area contributed by atoms with Crippen molar-refractivity contribution in [1.29, 1.82) is 0 Å². The molecule has 0 saturated heterocycles. The molecule has 2 N–H and O–H groups in total. The van der Waals surface area contributed by atoms with Gasteiger partial charge in [0.15, 0.2) is 6.61 Å². The molecule has 0 bridgehead atoms. The first-order chi connectivity index (χ1) is 13.8. The van der Waals surface area contributed by atoms with Crippen molar-refractivity contribution in [3.8, 4) is 11.5 Å². The fraction of sp³-hybridized carbons (Fsp3) is 0.300. The van der Waals surface area contributed by atoms with E-state index in [2.05, 4.69) is 5.32 Å². The second-order valence-electron chi connectivity index (χ2n) is 6.03. The van der Waals surface area contributed by atoms with Gasteiger partial charge in [-0.1, -0.05) is 6.92 Å². The van der Waals surface area contributed by atoms with Gasteiger partial charge in [0.2, 0.25) is 0 Å². The number of hydrogen-bond acceptors (Lipinski definition) is 4. The zero-order chi connectivity index (χ0) is 21.3. The molecule has 0 aliphatic carbocycles. The minimum absolute atomic E-state index is 0.0499. The molecule has 0 heterocycles. The first-order valence-corrected chi connectivity index (χ1v) is 8.87. The van der Waals surface area contributed by atoms with E-state index in [0.29, 0.717) is 23.8 Å². The van der Waals surface area contributed by atoms with Crippen molar-refractivity contribution in [1.82, 2.24) is 5.32 Å². The summed E-state index contributed by atoms with van der Waals surface area (Å²) in [7, 11) is 0. The summed E-state index contributed by atoms with van der Waals surface area (Å²) in [5, 5.41) is 4.35. The minimum Gasteiger partial charge on any atom is -0.494 e. The lowest BCUT2D eigenvalue weighted by atomic mass is 10.2. The lowest BCUT2D eigenvalue weighted by Gasteiger charge is -2.10. The molecule has 0 spiro atoms. The molecule has 156 valence electrons.